The van der Waals surface area contributed by atoms with Crippen LogP contribution in [0.1, 0.15) is 17.4 Å². The summed E-state index contributed by atoms with van der Waals surface area (Å²) in [5.74, 6) is 0. The number of thiophene rings is 1. The van der Waals surface area contributed by atoms with Gasteiger partial charge in [0.1, 0.15) is 4.66 Å². The summed E-state index contributed by atoms with van der Waals surface area (Å²) >= 11 is 4.32. The van der Waals surface area contributed by atoms with E-state index in [1.165, 1.54) is 11.3 Å². The van der Waals surface area contributed by atoms with Gasteiger partial charge in [-0.1, -0.05) is 22.0 Å². The van der Waals surface area contributed by atoms with Crippen molar-refractivity contribution in [1.29, 1.82) is 0 Å². The molecule has 0 amide bonds. The van der Waals surface area contributed by atoms with Gasteiger partial charge in [0.2, 0.25) is 10.0 Å². The van der Waals surface area contributed by atoms with Crippen LogP contribution in [0.5, 0.6) is 0 Å². The molecule has 1 rings (SSSR count). The molecule has 4 nitrogen and oxygen atoms in total. The fourth-order valence-electron chi connectivity index (χ4n) is 1.01. The standard InChI is InChI=1S/C8H12BrNO3S2/c9-6-15(12,13)10-4-3-7(11)8-2-1-5-14-8/h1-2,5,7,10-11H,3-4,6H2. The summed E-state index contributed by atoms with van der Waals surface area (Å²) < 4.78 is 24.3. The smallest absolute Gasteiger partial charge is 0.221 e. The summed E-state index contributed by atoms with van der Waals surface area (Å²) in [5.41, 5.74) is 0. The molecule has 0 spiro atoms. The van der Waals surface area contributed by atoms with E-state index in [4.69, 9.17) is 0 Å². The van der Waals surface area contributed by atoms with Crippen molar-refractivity contribution >= 4 is 37.3 Å². The van der Waals surface area contributed by atoms with Gasteiger partial charge in [-0.25, -0.2) is 13.1 Å². The van der Waals surface area contributed by atoms with Gasteiger partial charge in [0.05, 0.1) is 6.10 Å². The second kappa shape index (κ2) is 5.95. The highest BCUT2D eigenvalue weighted by molar-refractivity contribution is 9.10. The maximum absolute atomic E-state index is 11.0. The first-order chi connectivity index (χ1) is 7.05. The van der Waals surface area contributed by atoms with E-state index in [0.717, 1.165) is 4.88 Å². The Labute approximate surface area is 102 Å². The van der Waals surface area contributed by atoms with Crippen LogP contribution in [-0.2, 0) is 10.0 Å². The van der Waals surface area contributed by atoms with Gasteiger partial charge in [0.25, 0.3) is 0 Å². The van der Waals surface area contributed by atoms with Crippen molar-refractivity contribution in [2.24, 2.45) is 0 Å². The molecular weight excluding hydrogens is 302 g/mol. The summed E-state index contributed by atoms with van der Waals surface area (Å²) in [6.45, 7) is 0.243. The van der Waals surface area contributed by atoms with Gasteiger partial charge in [0.15, 0.2) is 0 Å². The lowest BCUT2D eigenvalue weighted by atomic mass is 10.2. The lowest BCUT2D eigenvalue weighted by Crippen LogP contribution is -2.26. The van der Waals surface area contributed by atoms with E-state index in [1.54, 1.807) is 0 Å². The van der Waals surface area contributed by atoms with Crippen LogP contribution in [0, 0.1) is 0 Å². The Bertz CT molecular complexity index is 377. The topological polar surface area (TPSA) is 66.4 Å². The number of sulfonamides is 1. The minimum atomic E-state index is -3.23. The van der Waals surface area contributed by atoms with Crippen molar-refractivity contribution in [3.63, 3.8) is 0 Å². The molecule has 15 heavy (non-hydrogen) atoms. The van der Waals surface area contributed by atoms with Gasteiger partial charge < -0.3 is 5.11 Å². The third-order valence-electron chi connectivity index (χ3n) is 1.75. The summed E-state index contributed by atoms with van der Waals surface area (Å²) in [7, 11) is -3.23. The van der Waals surface area contributed by atoms with Gasteiger partial charge in [-0.15, -0.1) is 11.3 Å². The quantitative estimate of drug-likeness (QED) is 0.781. The molecule has 1 unspecified atom stereocenters. The van der Waals surface area contributed by atoms with Crippen molar-refractivity contribution in [3.05, 3.63) is 22.4 Å². The molecule has 0 radical (unpaired) electrons. The second-order valence-corrected chi connectivity index (χ2v) is 7.03. The molecular formula is C8H12BrNO3S2. The van der Waals surface area contributed by atoms with Gasteiger partial charge in [-0.3, -0.25) is 0 Å². The van der Waals surface area contributed by atoms with Crippen molar-refractivity contribution < 1.29 is 13.5 Å². The molecule has 0 aliphatic rings. The minimum Gasteiger partial charge on any atom is -0.388 e. The maximum atomic E-state index is 11.0. The first-order valence-corrected chi connectivity index (χ1v) is 7.95. The van der Waals surface area contributed by atoms with Gasteiger partial charge in [0, 0.05) is 11.4 Å². The first-order valence-electron chi connectivity index (χ1n) is 4.30. The highest BCUT2D eigenvalue weighted by Crippen LogP contribution is 2.20. The predicted octanol–water partition coefficient (Wildman–Crippen LogP) is 1.44. The largest absolute Gasteiger partial charge is 0.388 e. The second-order valence-electron chi connectivity index (χ2n) is 2.94. The molecule has 0 fully saturated rings. The van der Waals surface area contributed by atoms with Crippen LogP contribution in [0.25, 0.3) is 0 Å². The zero-order chi connectivity index (χ0) is 11.3. The van der Waals surface area contributed by atoms with E-state index in [9.17, 15) is 13.5 Å². The lowest BCUT2D eigenvalue weighted by Gasteiger charge is -2.08. The molecule has 0 saturated carbocycles. The number of hydrogen-bond donors (Lipinski definition) is 2. The van der Waals surface area contributed by atoms with E-state index in [-0.39, 0.29) is 11.2 Å². The van der Waals surface area contributed by atoms with Crippen molar-refractivity contribution in [3.8, 4) is 0 Å². The monoisotopic (exact) mass is 313 g/mol. The number of aliphatic hydroxyl groups excluding tert-OH is 1. The molecule has 0 aliphatic carbocycles. The normalized spacial score (nSPS) is 14.0. The zero-order valence-electron chi connectivity index (χ0n) is 7.89. The fraction of sp³-hybridized carbons (Fsp3) is 0.500. The first kappa shape index (κ1) is 13.1. The Morgan fingerprint density at radius 1 is 1.60 bits per heavy atom. The lowest BCUT2D eigenvalue weighted by molar-refractivity contribution is 0.173. The number of aliphatic hydroxyl groups is 1. The molecule has 1 atom stereocenters. The summed E-state index contributed by atoms with van der Waals surface area (Å²) in [6.07, 6.45) is -0.213. The van der Waals surface area contributed by atoms with Gasteiger partial charge in [-0.05, 0) is 17.9 Å². The van der Waals surface area contributed by atoms with E-state index in [2.05, 4.69) is 20.7 Å². The maximum Gasteiger partial charge on any atom is 0.221 e. The third kappa shape index (κ3) is 4.60. The van der Waals surface area contributed by atoms with Crippen LogP contribution in [0.3, 0.4) is 0 Å². The zero-order valence-corrected chi connectivity index (χ0v) is 11.1. The molecule has 1 aromatic rings. The van der Waals surface area contributed by atoms with Crippen LogP contribution in [0.4, 0.5) is 0 Å². The van der Waals surface area contributed by atoms with Crippen LogP contribution < -0.4 is 4.72 Å². The van der Waals surface area contributed by atoms with Crippen LogP contribution in [-0.4, -0.2) is 24.7 Å². The number of rotatable bonds is 6. The summed E-state index contributed by atoms with van der Waals surface area (Å²) in [5, 5.41) is 11.5. The molecule has 86 valence electrons. The third-order valence-corrected chi connectivity index (χ3v) is 5.47. The summed E-state index contributed by atoms with van der Waals surface area (Å²) in [4.78, 5) is 0.855. The van der Waals surface area contributed by atoms with Crippen LogP contribution >= 0.6 is 27.3 Å². The average Bonchev–Trinajstić information content (AvgIpc) is 2.70. The van der Waals surface area contributed by atoms with Crippen LogP contribution in [0.2, 0.25) is 0 Å². The number of halogens is 1. The van der Waals surface area contributed by atoms with Gasteiger partial charge in [-0.2, -0.15) is 0 Å². The molecule has 0 saturated heterocycles. The summed E-state index contributed by atoms with van der Waals surface area (Å²) in [6, 6.07) is 3.68. The highest BCUT2D eigenvalue weighted by Gasteiger charge is 2.11. The fourth-order valence-corrected chi connectivity index (χ4v) is 2.75. The SMILES string of the molecule is O=S(=O)(CBr)NCCC(O)c1cccs1. The molecule has 7 heteroatoms. The Hall–Kier alpha value is 0.0500. The van der Waals surface area contributed by atoms with E-state index in [1.807, 2.05) is 17.5 Å². The van der Waals surface area contributed by atoms with E-state index in [0.29, 0.717) is 6.42 Å². The minimum absolute atomic E-state index is 0.116. The molecule has 0 aliphatic heterocycles. The number of nitrogens with one attached hydrogen (secondary N) is 1. The molecule has 1 heterocycles. The Morgan fingerprint density at radius 2 is 2.33 bits per heavy atom. The van der Waals surface area contributed by atoms with Crippen molar-refractivity contribution in [2.45, 2.75) is 12.5 Å². The average molecular weight is 314 g/mol. The van der Waals surface area contributed by atoms with E-state index >= 15 is 0 Å². The Morgan fingerprint density at radius 3 is 2.87 bits per heavy atom. The van der Waals surface area contributed by atoms with E-state index < -0.39 is 16.1 Å². The number of alkyl halides is 1. The molecule has 1 aromatic heterocycles. The van der Waals surface area contributed by atoms with Gasteiger partial charge >= 0.3 is 0 Å². The predicted molar refractivity (Wildman–Crippen MR) is 64.6 cm³/mol. The Balaban J connectivity index is 2.33. The molecule has 2 N–H and O–H groups in total. The number of hydrogen-bond acceptors (Lipinski definition) is 4. The van der Waals surface area contributed by atoms with Crippen molar-refractivity contribution in [1.82, 2.24) is 4.72 Å². The molecule has 0 aromatic carbocycles. The van der Waals surface area contributed by atoms with Crippen molar-refractivity contribution in [2.75, 3.05) is 11.2 Å². The molecule has 0 bridgehead atoms. The Kier molecular flexibility index (Phi) is 5.20. The van der Waals surface area contributed by atoms with Crippen LogP contribution in [0.15, 0.2) is 17.5 Å². The highest BCUT2D eigenvalue weighted by atomic mass is 79.9.